The van der Waals surface area contributed by atoms with Crippen LogP contribution in [0.2, 0.25) is 0 Å². The van der Waals surface area contributed by atoms with Gasteiger partial charge in [0.1, 0.15) is 16.7 Å². The van der Waals surface area contributed by atoms with Gasteiger partial charge in [0.15, 0.2) is 0 Å². The Morgan fingerprint density at radius 1 is 0.903 bits per heavy atom. The molecule has 1 aromatic carbocycles. The minimum absolute atomic E-state index is 0.351. The van der Waals surface area contributed by atoms with Crippen LogP contribution in [0.3, 0.4) is 0 Å². The van der Waals surface area contributed by atoms with Gasteiger partial charge in [-0.3, -0.25) is 0 Å². The van der Waals surface area contributed by atoms with Crippen LogP contribution in [0.5, 0.6) is 0 Å². The maximum Gasteiger partial charge on any atom is 0.410 e. The van der Waals surface area contributed by atoms with Crippen molar-refractivity contribution in [1.29, 1.82) is 0 Å². The lowest BCUT2D eigenvalue weighted by molar-refractivity contribution is -0.0230. The van der Waals surface area contributed by atoms with Crippen LogP contribution >= 0.6 is 0 Å². The molecule has 1 saturated carbocycles. The number of ether oxygens (including phenoxy) is 2. The van der Waals surface area contributed by atoms with Gasteiger partial charge in [-0.1, -0.05) is 43.5 Å². The van der Waals surface area contributed by atoms with Gasteiger partial charge in [0.05, 0.1) is 13.1 Å². The van der Waals surface area contributed by atoms with E-state index in [0.717, 1.165) is 5.56 Å². The highest BCUT2D eigenvalue weighted by molar-refractivity contribution is 5.73. The molecule has 31 heavy (non-hydrogen) atoms. The van der Waals surface area contributed by atoms with Crippen molar-refractivity contribution < 1.29 is 19.1 Å². The van der Waals surface area contributed by atoms with Crippen molar-refractivity contribution in [3.63, 3.8) is 0 Å². The number of benzene rings is 1. The maximum absolute atomic E-state index is 12.6. The number of nitrogens with zero attached hydrogens (tertiary/aromatic N) is 1. The van der Waals surface area contributed by atoms with Gasteiger partial charge in [-0.05, 0) is 71.4 Å². The van der Waals surface area contributed by atoms with E-state index in [9.17, 15) is 9.59 Å². The highest BCUT2D eigenvalue weighted by Gasteiger charge is 2.49. The molecule has 0 aromatic heterocycles. The highest BCUT2D eigenvalue weighted by atomic mass is 16.6. The number of hydrogen-bond donors (Lipinski definition) is 1. The van der Waals surface area contributed by atoms with E-state index >= 15 is 0 Å². The average molecular weight is 431 g/mol. The number of nitrogens with one attached hydrogen (secondary N) is 1. The lowest BCUT2D eigenvalue weighted by Crippen LogP contribution is -2.69. The summed E-state index contributed by atoms with van der Waals surface area (Å²) < 4.78 is 11.0. The fourth-order valence-electron chi connectivity index (χ4n) is 4.40. The molecular weight excluding hydrogens is 392 g/mol. The molecule has 0 atom stereocenters. The van der Waals surface area contributed by atoms with Crippen molar-refractivity contribution in [2.24, 2.45) is 0 Å². The molecule has 2 amide bonds. The molecule has 0 bridgehead atoms. The molecule has 1 N–H and O–H groups in total. The second kappa shape index (κ2) is 8.71. The van der Waals surface area contributed by atoms with Gasteiger partial charge in [0.2, 0.25) is 0 Å². The van der Waals surface area contributed by atoms with E-state index in [1.54, 1.807) is 4.90 Å². The van der Waals surface area contributed by atoms with Crippen LogP contribution in [0, 0.1) is 0 Å². The Morgan fingerprint density at radius 2 is 1.45 bits per heavy atom. The summed E-state index contributed by atoms with van der Waals surface area (Å²) in [5.74, 6) is 0.622. The number of hydrogen-bond acceptors (Lipinski definition) is 4. The first-order valence-corrected chi connectivity index (χ1v) is 11.5. The molecule has 1 saturated heterocycles. The van der Waals surface area contributed by atoms with Gasteiger partial charge in [0.25, 0.3) is 0 Å². The number of carbonyl (C=O) groups excluding carboxylic acids is 2. The molecule has 1 heterocycles. The number of rotatable bonds is 3. The number of likely N-dealkylation sites (tertiary alicyclic amines) is 1. The highest BCUT2D eigenvalue weighted by Crippen LogP contribution is 2.37. The first kappa shape index (κ1) is 23.4. The second-order valence-electron chi connectivity index (χ2n) is 11.0. The van der Waals surface area contributed by atoms with Crippen molar-refractivity contribution in [3.05, 3.63) is 35.4 Å². The van der Waals surface area contributed by atoms with Gasteiger partial charge in [-0.25, -0.2) is 9.59 Å². The summed E-state index contributed by atoms with van der Waals surface area (Å²) in [5, 5.41) is 3.04. The molecule has 1 aliphatic heterocycles. The third-order valence-corrected chi connectivity index (χ3v) is 5.85. The van der Waals surface area contributed by atoms with Crippen molar-refractivity contribution in [1.82, 2.24) is 10.2 Å². The second-order valence-corrected chi connectivity index (χ2v) is 11.0. The predicted octanol–water partition coefficient (Wildman–Crippen LogP) is 5.71. The van der Waals surface area contributed by atoms with E-state index < -0.39 is 22.8 Å². The van der Waals surface area contributed by atoms with Crippen LogP contribution in [-0.4, -0.2) is 41.4 Å². The Labute approximate surface area is 186 Å². The lowest BCUT2D eigenvalue weighted by Gasteiger charge is -2.50. The first-order chi connectivity index (χ1) is 14.4. The standard InChI is InChI=1S/C25H38N2O4/c1-23(2,3)30-21(28)26-25(16-27(17-25)22(29)31-24(4,5)6)20-14-12-19(13-15-20)18-10-8-7-9-11-18/h12-15,18H,7-11,16-17H2,1-6H3,(H,26,28). The topological polar surface area (TPSA) is 67.9 Å². The fourth-order valence-corrected chi connectivity index (χ4v) is 4.40. The molecule has 3 rings (SSSR count). The fraction of sp³-hybridized carbons (Fsp3) is 0.680. The summed E-state index contributed by atoms with van der Waals surface area (Å²) in [7, 11) is 0. The Bertz CT molecular complexity index is 777. The zero-order valence-corrected chi connectivity index (χ0v) is 19.9. The summed E-state index contributed by atoms with van der Waals surface area (Å²) in [5.41, 5.74) is 0.516. The zero-order valence-electron chi connectivity index (χ0n) is 19.9. The normalized spacial score (nSPS) is 19.4. The van der Waals surface area contributed by atoms with E-state index in [2.05, 4.69) is 29.6 Å². The summed E-state index contributed by atoms with van der Waals surface area (Å²) >= 11 is 0. The number of amides is 2. The van der Waals surface area contributed by atoms with Gasteiger partial charge >= 0.3 is 12.2 Å². The first-order valence-electron chi connectivity index (χ1n) is 11.5. The summed E-state index contributed by atoms with van der Waals surface area (Å²) in [6.07, 6.45) is 5.56. The molecule has 6 nitrogen and oxygen atoms in total. The Hall–Kier alpha value is -2.24. The number of alkyl carbamates (subject to hydrolysis) is 1. The zero-order chi connectivity index (χ0) is 22.9. The van der Waals surface area contributed by atoms with Crippen molar-refractivity contribution >= 4 is 12.2 Å². The van der Waals surface area contributed by atoms with Gasteiger partial charge in [0, 0.05) is 0 Å². The van der Waals surface area contributed by atoms with E-state index in [1.807, 2.05) is 41.5 Å². The molecule has 0 unspecified atom stereocenters. The van der Waals surface area contributed by atoms with E-state index in [0.29, 0.717) is 19.0 Å². The number of carbonyl (C=O) groups is 2. The molecular formula is C25H38N2O4. The predicted molar refractivity (Wildman–Crippen MR) is 121 cm³/mol. The van der Waals surface area contributed by atoms with Crippen LogP contribution in [0.25, 0.3) is 0 Å². The van der Waals surface area contributed by atoms with Crippen molar-refractivity contribution in [2.45, 2.75) is 96.3 Å². The minimum atomic E-state index is -0.676. The smallest absolute Gasteiger partial charge is 0.410 e. The van der Waals surface area contributed by atoms with Crippen molar-refractivity contribution in [3.8, 4) is 0 Å². The SMILES string of the molecule is CC(C)(C)OC(=O)NC1(c2ccc(C3CCCCC3)cc2)CN(C(=O)OC(C)(C)C)C1. The van der Waals surface area contributed by atoms with E-state index in [1.165, 1.54) is 37.7 Å². The van der Waals surface area contributed by atoms with Crippen LogP contribution in [0.15, 0.2) is 24.3 Å². The molecule has 172 valence electrons. The van der Waals surface area contributed by atoms with Gasteiger partial charge in [-0.15, -0.1) is 0 Å². The molecule has 2 aliphatic rings. The molecule has 2 fully saturated rings. The molecule has 0 spiro atoms. The third kappa shape index (κ3) is 6.14. The van der Waals surface area contributed by atoms with Crippen LogP contribution < -0.4 is 5.32 Å². The van der Waals surface area contributed by atoms with E-state index in [4.69, 9.17) is 9.47 Å². The van der Waals surface area contributed by atoms with Crippen molar-refractivity contribution in [2.75, 3.05) is 13.1 Å². The Balaban J connectivity index is 1.76. The lowest BCUT2D eigenvalue weighted by atomic mass is 9.80. The Kier molecular flexibility index (Phi) is 6.59. The van der Waals surface area contributed by atoms with E-state index in [-0.39, 0.29) is 6.09 Å². The minimum Gasteiger partial charge on any atom is -0.444 e. The Morgan fingerprint density at radius 3 is 1.97 bits per heavy atom. The maximum atomic E-state index is 12.6. The molecule has 1 aliphatic carbocycles. The summed E-state index contributed by atoms with van der Waals surface area (Å²) in [6, 6.07) is 8.54. The molecule has 6 heteroatoms. The molecule has 0 radical (unpaired) electrons. The summed E-state index contributed by atoms with van der Waals surface area (Å²) in [6.45, 7) is 11.8. The molecule has 1 aromatic rings. The largest absolute Gasteiger partial charge is 0.444 e. The average Bonchev–Trinajstić information content (AvgIpc) is 2.62. The van der Waals surface area contributed by atoms with Crippen LogP contribution in [-0.2, 0) is 15.0 Å². The van der Waals surface area contributed by atoms with Gasteiger partial charge in [-0.2, -0.15) is 0 Å². The van der Waals surface area contributed by atoms with Gasteiger partial charge < -0.3 is 19.7 Å². The van der Waals surface area contributed by atoms with Crippen LogP contribution in [0.4, 0.5) is 9.59 Å². The van der Waals surface area contributed by atoms with Crippen LogP contribution in [0.1, 0.15) is 90.7 Å². The third-order valence-electron chi connectivity index (χ3n) is 5.85. The summed E-state index contributed by atoms with van der Waals surface area (Å²) in [4.78, 5) is 26.7. The quantitative estimate of drug-likeness (QED) is 0.667. The monoisotopic (exact) mass is 430 g/mol.